The van der Waals surface area contributed by atoms with Crippen LogP contribution in [0.4, 0.5) is 5.13 Å². The molecule has 0 radical (unpaired) electrons. The molecular weight excluding hydrogens is 284 g/mol. The summed E-state index contributed by atoms with van der Waals surface area (Å²) in [4.78, 5) is 15.8. The Kier molecular flexibility index (Phi) is 3.88. The van der Waals surface area contributed by atoms with Gasteiger partial charge in [0, 0.05) is 35.6 Å². The summed E-state index contributed by atoms with van der Waals surface area (Å²) in [6.07, 6.45) is 8.48. The topological polar surface area (TPSA) is 59.8 Å². The predicted octanol–water partition coefficient (Wildman–Crippen LogP) is 2.98. The maximum atomic E-state index is 11.8. The summed E-state index contributed by atoms with van der Waals surface area (Å²) in [6, 6.07) is 9.60. The van der Waals surface area contributed by atoms with Gasteiger partial charge in [-0.05, 0) is 18.2 Å². The average molecular weight is 296 g/mol. The van der Waals surface area contributed by atoms with Crippen LogP contribution in [0.2, 0.25) is 0 Å². The fourth-order valence-electron chi connectivity index (χ4n) is 1.85. The highest BCUT2D eigenvalue weighted by molar-refractivity contribution is 7.13. The summed E-state index contributed by atoms with van der Waals surface area (Å²) >= 11 is 1.38. The van der Waals surface area contributed by atoms with E-state index in [1.54, 1.807) is 23.2 Å². The zero-order valence-corrected chi connectivity index (χ0v) is 11.8. The molecule has 5 nitrogen and oxygen atoms in total. The van der Waals surface area contributed by atoms with Crippen molar-refractivity contribution in [3.63, 3.8) is 0 Å². The van der Waals surface area contributed by atoms with Crippen LogP contribution in [0.25, 0.3) is 11.8 Å². The number of carbonyl (C=O) groups is 1. The van der Waals surface area contributed by atoms with Gasteiger partial charge in [-0.25, -0.2) is 9.67 Å². The smallest absolute Gasteiger partial charge is 0.250 e. The van der Waals surface area contributed by atoms with Crippen molar-refractivity contribution in [3.8, 4) is 5.69 Å². The van der Waals surface area contributed by atoms with E-state index >= 15 is 0 Å². The van der Waals surface area contributed by atoms with E-state index in [9.17, 15) is 4.79 Å². The molecule has 0 bridgehead atoms. The van der Waals surface area contributed by atoms with Crippen LogP contribution < -0.4 is 5.32 Å². The van der Waals surface area contributed by atoms with Gasteiger partial charge in [0.25, 0.3) is 0 Å². The first-order valence-electron chi connectivity index (χ1n) is 6.30. The van der Waals surface area contributed by atoms with Crippen molar-refractivity contribution in [3.05, 3.63) is 65.9 Å². The van der Waals surface area contributed by atoms with Gasteiger partial charge in [-0.3, -0.25) is 10.1 Å². The molecule has 3 rings (SSSR count). The molecule has 0 saturated heterocycles. The first-order valence-corrected chi connectivity index (χ1v) is 7.18. The van der Waals surface area contributed by atoms with Crippen molar-refractivity contribution in [2.24, 2.45) is 0 Å². The molecule has 6 heteroatoms. The first kappa shape index (κ1) is 13.3. The van der Waals surface area contributed by atoms with E-state index in [2.05, 4.69) is 15.4 Å². The Morgan fingerprint density at radius 3 is 2.90 bits per heavy atom. The van der Waals surface area contributed by atoms with Crippen molar-refractivity contribution >= 4 is 28.5 Å². The fourth-order valence-corrected chi connectivity index (χ4v) is 2.38. The summed E-state index contributed by atoms with van der Waals surface area (Å²) in [5.41, 5.74) is 1.83. The van der Waals surface area contributed by atoms with Crippen LogP contribution in [0.5, 0.6) is 0 Å². The minimum Gasteiger partial charge on any atom is -0.298 e. The molecule has 2 heterocycles. The standard InChI is InChI=1S/C15H12N4OS/c20-14(18-15-16-9-11-21-15)7-6-12-4-1-2-5-13(12)19-10-3-8-17-19/h1-11H,(H,16,18,20)/b7-6+. The number of nitrogens with one attached hydrogen (secondary N) is 1. The molecule has 0 saturated carbocycles. The molecule has 1 N–H and O–H groups in total. The van der Waals surface area contributed by atoms with Crippen LogP contribution in [0.3, 0.4) is 0 Å². The van der Waals surface area contributed by atoms with E-state index < -0.39 is 0 Å². The number of carbonyl (C=O) groups excluding carboxylic acids is 1. The third kappa shape index (κ3) is 3.24. The lowest BCUT2D eigenvalue weighted by molar-refractivity contribution is -0.111. The normalized spacial score (nSPS) is 10.9. The highest BCUT2D eigenvalue weighted by atomic mass is 32.1. The second-order valence-corrected chi connectivity index (χ2v) is 5.06. The van der Waals surface area contributed by atoms with Crippen molar-refractivity contribution in [2.45, 2.75) is 0 Å². The molecule has 3 aromatic rings. The van der Waals surface area contributed by atoms with Crippen LogP contribution in [0.1, 0.15) is 5.56 Å². The Bertz CT molecular complexity index is 748. The van der Waals surface area contributed by atoms with E-state index in [0.717, 1.165) is 11.3 Å². The van der Waals surface area contributed by atoms with Crippen LogP contribution in [0, 0.1) is 0 Å². The lowest BCUT2D eigenvalue weighted by Crippen LogP contribution is -2.07. The van der Waals surface area contributed by atoms with Gasteiger partial charge in [-0.1, -0.05) is 18.2 Å². The number of anilines is 1. The number of para-hydroxylation sites is 1. The largest absolute Gasteiger partial charge is 0.298 e. The van der Waals surface area contributed by atoms with E-state index in [1.165, 1.54) is 17.4 Å². The Balaban J connectivity index is 1.79. The monoisotopic (exact) mass is 296 g/mol. The van der Waals surface area contributed by atoms with E-state index in [4.69, 9.17) is 0 Å². The number of rotatable bonds is 4. The number of hydrogen-bond acceptors (Lipinski definition) is 4. The molecule has 1 amide bonds. The van der Waals surface area contributed by atoms with Crippen LogP contribution >= 0.6 is 11.3 Å². The zero-order valence-electron chi connectivity index (χ0n) is 11.0. The summed E-state index contributed by atoms with van der Waals surface area (Å²) in [7, 11) is 0. The minimum atomic E-state index is -0.208. The summed E-state index contributed by atoms with van der Waals surface area (Å²) < 4.78 is 1.76. The second-order valence-electron chi connectivity index (χ2n) is 4.17. The molecule has 0 unspecified atom stereocenters. The van der Waals surface area contributed by atoms with Gasteiger partial charge < -0.3 is 0 Å². The minimum absolute atomic E-state index is 0.208. The summed E-state index contributed by atoms with van der Waals surface area (Å²) in [6.45, 7) is 0. The number of amides is 1. The Morgan fingerprint density at radius 1 is 1.24 bits per heavy atom. The SMILES string of the molecule is O=C(/C=C/c1ccccc1-n1cccn1)Nc1nccs1. The zero-order chi connectivity index (χ0) is 14.5. The van der Waals surface area contributed by atoms with Gasteiger partial charge in [-0.2, -0.15) is 5.10 Å². The van der Waals surface area contributed by atoms with E-state index in [0.29, 0.717) is 5.13 Å². The molecule has 21 heavy (non-hydrogen) atoms. The molecule has 0 aliphatic rings. The second kappa shape index (κ2) is 6.15. The van der Waals surface area contributed by atoms with Crippen LogP contribution in [0.15, 0.2) is 60.4 Å². The molecule has 0 spiro atoms. The quantitative estimate of drug-likeness (QED) is 0.753. The van der Waals surface area contributed by atoms with Gasteiger partial charge in [-0.15, -0.1) is 11.3 Å². The van der Waals surface area contributed by atoms with Crippen LogP contribution in [-0.4, -0.2) is 20.7 Å². The highest BCUT2D eigenvalue weighted by Crippen LogP contribution is 2.15. The van der Waals surface area contributed by atoms with Crippen molar-refractivity contribution in [1.29, 1.82) is 0 Å². The number of nitrogens with zero attached hydrogens (tertiary/aromatic N) is 3. The number of benzene rings is 1. The maximum absolute atomic E-state index is 11.8. The molecule has 0 aliphatic heterocycles. The number of hydrogen-bond donors (Lipinski definition) is 1. The molecule has 0 aliphatic carbocycles. The molecular formula is C15H12N4OS. The Hall–Kier alpha value is -2.73. The van der Waals surface area contributed by atoms with Gasteiger partial charge in [0.05, 0.1) is 5.69 Å². The number of thiazole rings is 1. The predicted molar refractivity (Wildman–Crippen MR) is 83.3 cm³/mol. The maximum Gasteiger partial charge on any atom is 0.250 e. The van der Waals surface area contributed by atoms with Crippen molar-refractivity contribution in [2.75, 3.05) is 5.32 Å². The first-order chi connectivity index (χ1) is 10.3. The molecule has 2 aromatic heterocycles. The van der Waals surface area contributed by atoms with Crippen molar-refractivity contribution in [1.82, 2.24) is 14.8 Å². The highest BCUT2D eigenvalue weighted by Gasteiger charge is 2.03. The third-order valence-electron chi connectivity index (χ3n) is 2.76. The molecule has 104 valence electrons. The average Bonchev–Trinajstić information content (AvgIpc) is 3.18. The van der Waals surface area contributed by atoms with Crippen molar-refractivity contribution < 1.29 is 4.79 Å². The van der Waals surface area contributed by atoms with Gasteiger partial charge in [0.15, 0.2) is 5.13 Å². The summed E-state index contributed by atoms with van der Waals surface area (Å²) in [5, 5.41) is 9.31. The van der Waals surface area contributed by atoms with Crippen LogP contribution in [-0.2, 0) is 4.79 Å². The molecule has 0 atom stereocenters. The Morgan fingerprint density at radius 2 is 2.14 bits per heavy atom. The lowest BCUT2D eigenvalue weighted by Gasteiger charge is -2.05. The van der Waals surface area contributed by atoms with Gasteiger partial charge in [0.1, 0.15) is 0 Å². The number of aromatic nitrogens is 3. The van der Waals surface area contributed by atoms with E-state index in [1.807, 2.05) is 41.9 Å². The fraction of sp³-hybridized carbons (Fsp3) is 0. The Labute approximate surface area is 125 Å². The van der Waals surface area contributed by atoms with E-state index in [-0.39, 0.29) is 5.91 Å². The lowest BCUT2D eigenvalue weighted by atomic mass is 10.1. The molecule has 0 fully saturated rings. The van der Waals surface area contributed by atoms with Gasteiger partial charge in [0.2, 0.25) is 5.91 Å². The molecule has 1 aromatic carbocycles. The third-order valence-corrected chi connectivity index (χ3v) is 3.45. The summed E-state index contributed by atoms with van der Waals surface area (Å²) in [5.74, 6) is -0.208. The van der Waals surface area contributed by atoms with Gasteiger partial charge >= 0.3 is 0 Å².